The van der Waals surface area contributed by atoms with Crippen molar-refractivity contribution in [3.8, 4) is 0 Å². The number of benzene rings is 1. The summed E-state index contributed by atoms with van der Waals surface area (Å²) >= 11 is 0. The number of hydrogen-bond donors (Lipinski definition) is 2. The van der Waals surface area contributed by atoms with E-state index in [-0.39, 0.29) is 18.5 Å². The Balaban J connectivity index is 1.49. The van der Waals surface area contributed by atoms with E-state index in [9.17, 15) is 14.6 Å². The van der Waals surface area contributed by atoms with Crippen LogP contribution in [0.4, 0.5) is 16.0 Å². The average Bonchev–Trinajstić information content (AvgIpc) is 2.66. The van der Waals surface area contributed by atoms with E-state index in [1.54, 1.807) is 12.1 Å². The predicted molar refractivity (Wildman–Crippen MR) is 96.6 cm³/mol. The molecule has 2 saturated heterocycles. The first-order chi connectivity index (χ1) is 12.6. The molecule has 2 aromatic rings. The third-order valence-corrected chi connectivity index (χ3v) is 5.38. The van der Waals surface area contributed by atoms with E-state index in [4.69, 9.17) is 0 Å². The lowest BCUT2D eigenvalue weighted by Gasteiger charge is -2.47. The van der Waals surface area contributed by atoms with E-state index < -0.39 is 5.60 Å². The smallest absolute Gasteiger partial charge is 0.134 e. The number of aliphatic hydroxyl groups excluding tert-OH is 1. The van der Waals surface area contributed by atoms with Crippen molar-refractivity contribution in [3.05, 3.63) is 48.0 Å². The Labute approximate surface area is 151 Å². The van der Waals surface area contributed by atoms with Gasteiger partial charge in [0.1, 0.15) is 29.4 Å². The van der Waals surface area contributed by atoms with E-state index in [2.05, 4.69) is 14.9 Å². The largest absolute Gasteiger partial charge is 0.394 e. The SMILES string of the molecule is OCC1CCCCN1c1cc(N2CC(O)(c3ccc(F)cc3)C2)ncn1. The first kappa shape index (κ1) is 17.2. The van der Waals surface area contributed by atoms with Gasteiger partial charge in [0.15, 0.2) is 0 Å². The van der Waals surface area contributed by atoms with Crippen LogP contribution in [-0.4, -0.2) is 52.5 Å². The summed E-state index contributed by atoms with van der Waals surface area (Å²) in [6.07, 6.45) is 4.70. The number of aromatic nitrogens is 2. The minimum atomic E-state index is -0.989. The predicted octanol–water partition coefficient (Wildman–Crippen LogP) is 1.67. The number of rotatable bonds is 4. The second-order valence-corrected chi connectivity index (χ2v) is 7.15. The van der Waals surface area contributed by atoms with E-state index in [0.29, 0.717) is 18.7 Å². The van der Waals surface area contributed by atoms with Gasteiger partial charge in [-0.15, -0.1) is 0 Å². The van der Waals surface area contributed by atoms with Crippen LogP contribution < -0.4 is 9.80 Å². The number of halogens is 1. The monoisotopic (exact) mass is 358 g/mol. The molecule has 0 radical (unpaired) electrons. The van der Waals surface area contributed by atoms with Crippen LogP contribution in [-0.2, 0) is 5.60 Å². The molecule has 2 aliphatic rings. The van der Waals surface area contributed by atoms with Gasteiger partial charge in [-0.3, -0.25) is 0 Å². The summed E-state index contributed by atoms with van der Waals surface area (Å²) in [5.41, 5.74) is -0.279. The quantitative estimate of drug-likeness (QED) is 0.866. The molecule has 2 aliphatic heterocycles. The molecule has 1 atom stereocenters. The van der Waals surface area contributed by atoms with Crippen LogP contribution in [0.5, 0.6) is 0 Å². The fraction of sp³-hybridized carbons (Fsp3) is 0.474. The standard InChI is InChI=1S/C19H23FN4O2/c20-15-6-4-14(5-7-15)19(26)11-23(12-19)17-9-18(22-13-21-17)24-8-2-1-3-16(24)10-25/h4-7,9,13,16,25-26H,1-3,8,10-12H2. The number of β-amino-alcohol motifs (C(OH)–C–C–N with tert-alkyl or cyclic N) is 1. The fourth-order valence-corrected chi connectivity index (χ4v) is 3.85. The van der Waals surface area contributed by atoms with E-state index >= 15 is 0 Å². The van der Waals surface area contributed by atoms with Crippen LogP contribution in [0.1, 0.15) is 24.8 Å². The summed E-state index contributed by atoms with van der Waals surface area (Å²) in [4.78, 5) is 12.8. The van der Waals surface area contributed by atoms with Gasteiger partial charge >= 0.3 is 0 Å². The molecule has 3 heterocycles. The lowest BCUT2D eigenvalue weighted by molar-refractivity contribution is 0.00699. The van der Waals surface area contributed by atoms with Gasteiger partial charge in [0.25, 0.3) is 0 Å². The fourth-order valence-electron chi connectivity index (χ4n) is 3.85. The Morgan fingerprint density at radius 2 is 1.85 bits per heavy atom. The molecule has 0 amide bonds. The highest BCUT2D eigenvalue weighted by Gasteiger charge is 2.43. The second-order valence-electron chi connectivity index (χ2n) is 7.15. The lowest BCUT2D eigenvalue weighted by Crippen LogP contribution is -2.60. The van der Waals surface area contributed by atoms with Crippen LogP contribution >= 0.6 is 0 Å². The van der Waals surface area contributed by atoms with Gasteiger partial charge < -0.3 is 20.0 Å². The van der Waals surface area contributed by atoms with Gasteiger partial charge in [-0.25, -0.2) is 14.4 Å². The van der Waals surface area contributed by atoms with Crippen molar-refractivity contribution >= 4 is 11.6 Å². The molecule has 1 unspecified atom stereocenters. The Kier molecular flexibility index (Phi) is 4.50. The van der Waals surface area contributed by atoms with Gasteiger partial charge in [0, 0.05) is 12.6 Å². The zero-order valence-electron chi connectivity index (χ0n) is 14.6. The van der Waals surface area contributed by atoms with Gasteiger partial charge in [0.2, 0.25) is 0 Å². The van der Waals surface area contributed by atoms with Crippen LogP contribution in [0, 0.1) is 5.82 Å². The Morgan fingerprint density at radius 3 is 2.58 bits per heavy atom. The third kappa shape index (κ3) is 3.12. The van der Waals surface area contributed by atoms with Crippen molar-refractivity contribution in [2.75, 3.05) is 36.0 Å². The molecule has 0 bridgehead atoms. The maximum Gasteiger partial charge on any atom is 0.134 e. The van der Waals surface area contributed by atoms with Crippen molar-refractivity contribution in [3.63, 3.8) is 0 Å². The maximum atomic E-state index is 13.1. The minimum Gasteiger partial charge on any atom is -0.394 e. The van der Waals surface area contributed by atoms with Crippen molar-refractivity contribution in [2.24, 2.45) is 0 Å². The van der Waals surface area contributed by atoms with Crippen molar-refractivity contribution in [1.29, 1.82) is 0 Å². The molecular weight excluding hydrogens is 335 g/mol. The Morgan fingerprint density at radius 1 is 1.12 bits per heavy atom. The number of anilines is 2. The molecule has 138 valence electrons. The summed E-state index contributed by atoms with van der Waals surface area (Å²) in [5.74, 6) is 1.25. The molecule has 0 aliphatic carbocycles. The summed E-state index contributed by atoms with van der Waals surface area (Å²) in [5, 5.41) is 20.4. The molecule has 6 nitrogen and oxygen atoms in total. The highest BCUT2D eigenvalue weighted by Crippen LogP contribution is 2.35. The average molecular weight is 358 g/mol. The van der Waals surface area contributed by atoms with Crippen LogP contribution in [0.25, 0.3) is 0 Å². The molecular formula is C19H23FN4O2. The molecule has 26 heavy (non-hydrogen) atoms. The lowest BCUT2D eigenvalue weighted by atomic mass is 9.86. The molecule has 0 spiro atoms. The first-order valence-electron chi connectivity index (χ1n) is 9.02. The topological polar surface area (TPSA) is 72.7 Å². The minimum absolute atomic E-state index is 0.0963. The van der Waals surface area contributed by atoms with Gasteiger partial charge in [-0.05, 0) is 37.0 Å². The molecule has 2 N–H and O–H groups in total. The van der Waals surface area contributed by atoms with Crippen LogP contribution in [0.3, 0.4) is 0 Å². The first-order valence-corrected chi connectivity index (χ1v) is 9.02. The molecule has 2 fully saturated rings. The second kappa shape index (κ2) is 6.81. The Bertz CT molecular complexity index is 764. The van der Waals surface area contributed by atoms with E-state index in [1.807, 2.05) is 11.0 Å². The van der Waals surface area contributed by atoms with Crippen molar-refractivity contribution < 1.29 is 14.6 Å². The summed E-state index contributed by atoms with van der Waals surface area (Å²) in [6.45, 7) is 1.80. The molecule has 0 saturated carbocycles. The third-order valence-electron chi connectivity index (χ3n) is 5.38. The molecule has 1 aromatic heterocycles. The van der Waals surface area contributed by atoms with E-state index in [0.717, 1.165) is 37.4 Å². The van der Waals surface area contributed by atoms with Crippen molar-refractivity contribution in [1.82, 2.24) is 9.97 Å². The number of hydrogen-bond acceptors (Lipinski definition) is 6. The van der Waals surface area contributed by atoms with E-state index in [1.165, 1.54) is 18.5 Å². The maximum absolute atomic E-state index is 13.1. The highest BCUT2D eigenvalue weighted by molar-refractivity contribution is 5.54. The van der Waals surface area contributed by atoms with Gasteiger partial charge in [-0.1, -0.05) is 12.1 Å². The zero-order valence-corrected chi connectivity index (χ0v) is 14.6. The van der Waals surface area contributed by atoms with Crippen molar-refractivity contribution in [2.45, 2.75) is 30.9 Å². The number of nitrogens with zero attached hydrogens (tertiary/aromatic N) is 4. The Hall–Kier alpha value is -2.25. The normalized spacial score (nSPS) is 22.2. The van der Waals surface area contributed by atoms with Gasteiger partial charge in [0.05, 0.1) is 25.7 Å². The van der Waals surface area contributed by atoms with Crippen LogP contribution in [0.2, 0.25) is 0 Å². The highest BCUT2D eigenvalue weighted by atomic mass is 19.1. The number of aliphatic hydroxyl groups is 2. The molecule has 4 rings (SSSR count). The van der Waals surface area contributed by atoms with Crippen LogP contribution in [0.15, 0.2) is 36.7 Å². The molecule has 1 aromatic carbocycles. The van der Waals surface area contributed by atoms with Gasteiger partial charge in [-0.2, -0.15) is 0 Å². The molecule has 7 heteroatoms. The summed E-state index contributed by atoms with van der Waals surface area (Å²) < 4.78 is 13.1. The number of piperidine rings is 1. The summed E-state index contributed by atoms with van der Waals surface area (Å²) in [6, 6.07) is 7.99. The zero-order chi connectivity index (χ0) is 18.1. The summed E-state index contributed by atoms with van der Waals surface area (Å²) in [7, 11) is 0.